The van der Waals surface area contributed by atoms with Crippen molar-refractivity contribution in [2.24, 2.45) is 5.92 Å². The summed E-state index contributed by atoms with van der Waals surface area (Å²) in [7, 11) is 0. The second-order valence-electron chi connectivity index (χ2n) is 5.24. The Labute approximate surface area is 109 Å². The Bertz CT molecular complexity index is 526. The van der Waals surface area contributed by atoms with Gasteiger partial charge in [0.25, 0.3) is 0 Å². The van der Waals surface area contributed by atoms with Crippen molar-refractivity contribution in [2.75, 3.05) is 11.9 Å². The Morgan fingerprint density at radius 1 is 1.17 bits per heavy atom. The van der Waals surface area contributed by atoms with Crippen LogP contribution < -0.4 is 5.32 Å². The molecule has 3 heteroatoms. The lowest BCUT2D eigenvalue weighted by Crippen LogP contribution is -2.07. The number of H-pyrrole nitrogens is 1. The Kier molecular flexibility index (Phi) is 3.70. The zero-order chi connectivity index (χ0) is 13.1. The fraction of sp³-hybridized carbons (Fsp3) is 0.400. The molecular formula is C15H21N3. The third kappa shape index (κ3) is 2.92. The first-order valence-electron chi connectivity index (χ1n) is 6.43. The third-order valence-electron chi connectivity index (χ3n) is 3.09. The summed E-state index contributed by atoms with van der Waals surface area (Å²) in [5, 5.41) is 10.7. The fourth-order valence-corrected chi connectivity index (χ4v) is 1.78. The van der Waals surface area contributed by atoms with Gasteiger partial charge in [-0.2, -0.15) is 5.10 Å². The van der Waals surface area contributed by atoms with E-state index in [2.05, 4.69) is 67.5 Å². The van der Waals surface area contributed by atoms with Crippen LogP contribution in [0.5, 0.6) is 0 Å². The summed E-state index contributed by atoms with van der Waals surface area (Å²) in [4.78, 5) is 0. The lowest BCUT2D eigenvalue weighted by atomic mass is 10.0. The number of hydrogen-bond acceptors (Lipinski definition) is 2. The van der Waals surface area contributed by atoms with Crippen LogP contribution in [0.2, 0.25) is 0 Å². The number of rotatable bonds is 4. The van der Waals surface area contributed by atoms with Crippen molar-refractivity contribution < 1.29 is 0 Å². The summed E-state index contributed by atoms with van der Waals surface area (Å²) in [5.74, 6) is 1.53. The number of aromatic nitrogens is 2. The molecule has 1 heterocycles. The quantitative estimate of drug-likeness (QED) is 0.858. The van der Waals surface area contributed by atoms with Gasteiger partial charge in [0.15, 0.2) is 0 Å². The van der Waals surface area contributed by atoms with E-state index in [-0.39, 0.29) is 0 Å². The highest BCUT2D eigenvalue weighted by atomic mass is 15.2. The standard InChI is InChI=1S/C15H21N3/c1-10(2)9-16-15-8-14(17-18-15)13-6-5-11(3)12(4)7-13/h5-8,10H,9H2,1-4H3,(H2,16,17,18). The van der Waals surface area contributed by atoms with Gasteiger partial charge in [0.2, 0.25) is 0 Å². The lowest BCUT2D eigenvalue weighted by Gasteiger charge is -2.04. The van der Waals surface area contributed by atoms with E-state index in [0.717, 1.165) is 18.1 Å². The van der Waals surface area contributed by atoms with E-state index >= 15 is 0 Å². The smallest absolute Gasteiger partial charge is 0.148 e. The van der Waals surface area contributed by atoms with Gasteiger partial charge in [-0.1, -0.05) is 26.0 Å². The molecule has 0 saturated carbocycles. The Hall–Kier alpha value is -1.77. The van der Waals surface area contributed by atoms with Crippen LogP contribution in [0.1, 0.15) is 25.0 Å². The van der Waals surface area contributed by atoms with Crippen LogP contribution in [0.3, 0.4) is 0 Å². The number of nitrogens with one attached hydrogen (secondary N) is 2. The van der Waals surface area contributed by atoms with E-state index in [1.807, 2.05) is 0 Å². The molecule has 0 atom stereocenters. The van der Waals surface area contributed by atoms with Crippen LogP contribution >= 0.6 is 0 Å². The van der Waals surface area contributed by atoms with E-state index in [1.165, 1.54) is 16.7 Å². The first-order valence-corrected chi connectivity index (χ1v) is 6.43. The number of aryl methyl sites for hydroxylation is 2. The van der Waals surface area contributed by atoms with Gasteiger partial charge in [-0.15, -0.1) is 0 Å². The van der Waals surface area contributed by atoms with Gasteiger partial charge in [0.05, 0.1) is 5.69 Å². The van der Waals surface area contributed by atoms with Crippen LogP contribution in [0.25, 0.3) is 11.3 Å². The number of hydrogen-bond donors (Lipinski definition) is 2. The van der Waals surface area contributed by atoms with Gasteiger partial charge in [0, 0.05) is 12.6 Å². The first kappa shape index (κ1) is 12.7. The molecule has 0 aliphatic heterocycles. The topological polar surface area (TPSA) is 40.7 Å². The van der Waals surface area contributed by atoms with Crippen LogP contribution in [-0.2, 0) is 0 Å². The van der Waals surface area contributed by atoms with E-state index in [1.54, 1.807) is 0 Å². The van der Waals surface area contributed by atoms with Crippen molar-refractivity contribution in [1.82, 2.24) is 10.2 Å². The summed E-state index contributed by atoms with van der Waals surface area (Å²) < 4.78 is 0. The summed E-state index contributed by atoms with van der Waals surface area (Å²) in [6, 6.07) is 8.52. The van der Waals surface area contributed by atoms with Gasteiger partial charge in [0.1, 0.15) is 5.82 Å². The molecule has 0 unspecified atom stereocenters. The van der Waals surface area contributed by atoms with Gasteiger partial charge in [-0.05, 0) is 42.5 Å². The average molecular weight is 243 g/mol. The Morgan fingerprint density at radius 3 is 2.61 bits per heavy atom. The van der Waals surface area contributed by atoms with Crippen molar-refractivity contribution >= 4 is 5.82 Å². The normalized spacial score (nSPS) is 10.9. The van der Waals surface area contributed by atoms with E-state index in [9.17, 15) is 0 Å². The molecule has 0 amide bonds. The first-order chi connectivity index (χ1) is 8.56. The number of anilines is 1. The fourth-order valence-electron chi connectivity index (χ4n) is 1.78. The highest BCUT2D eigenvalue weighted by Crippen LogP contribution is 2.22. The molecule has 1 aromatic heterocycles. The van der Waals surface area contributed by atoms with Crippen LogP contribution in [0, 0.1) is 19.8 Å². The second kappa shape index (κ2) is 5.25. The van der Waals surface area contributed by atoms with Gasteiger partial charge in [-0.25, -0.2) is 0 Å². The third-order valence-corrected chi connectivity index (χ3v) is 3.09. The second-order valence-corrected chi connectivity index (χ2v) is 5.24. The minimum absolute atomic E-state index is 0.617. The largest absolute Gasteiger partial charge is 0.368 e. The molecule has 3 nitrogen and oxygen atoms in total. The highest BCUT2D eigenvalue weighted by Gasteiger charge is 2.05. The number of aromatic amines is 1. The maximum Gasteiger partial charge on any atom is 0.148 e. The van der Waals surface area contributed by atoms with Crippen molar-refractivity contribution in [3.63, 3.8) is 0 Å². The molecule has 0 spiro atoms. The SMILES string of the molecule is Cc1ccc(-c2cc(NCC(C)C)n[nH]2)cc1C. The Balaban J connectivity index is 2.16. The lowest BCUT2D eigenvalue weighted by molar-refractivity contribution is 0.687. The molecule has 0 aliphatic carbocycles. The van der Waals surface area contributed by atoms with Gasteiger partial charge in [-0.3, -0.25) is 5.10 Å². The molecule has 0 aliphatic rings. The summed E-state index contributed by atoms with van der Waals surface area (Å²) in [6.07, 6.45) is 0. The number of benzene rings is 1. The molecule has 0 saturated heterocycles. The molecule has 0 bridgehead atoms. The van der Waals surface area contributed by atoms with Crippen molar-refractivity contribution in [3.05, 3.63) is 35.4 Å². The maximum absolute atomic E-state index is 4.28. The van der Waals surface area contributed by atoms with Crippen LogP contribution in [0.4, 0.5) is 5.82 Å². The van der Waals surface area contributed by atoms with Crippen molar-refractivity contribution in [2.45, 2.75) is 27.7 Å². The van der Waals surface area contributed by atoms with E-state index in [0.29, 0.717) is 5.92 Å². The maximum atomic E-state index is 4.28. The molecule has 18 heavy (non-hydrogen) atoms. The monoisotopic (exact) mass is 243 g/mol. The predicted molar refractivity (Wildman–Crippen MR) is 76.8 cm³/mol. The summed E-state index contributed by atoms with van der Waals surface area (Å²) in [6.45, 7) is 9.57. The molecule has 96 valence electrons. The van der Waals surface area contributed by atoms with Crippen LogP contribution in [-0.4, -0.2) is 16.7 Å². The summed E-state index contributed by atoms with van der Waals surface area (Å²) >= 11 is 0. The van der Waals surface area contributed by atoms with E-state index < -0.39 is 0 Å². The highest BCUT2D eigenvalue weighted by molar-refractivity contribution is 5.64. The van der Waals surface area contributed by atoms with Crippen molar-refractivity contribution in [1.29, 1.82) is 0 Å². The molecule has 2 rings (SSSR count). The molecular weight excluding hydrogens is 222 g/mol. The molecule has 1 aromatic carbocycles. The molecule has 0 radical (unpaired) electrons. The summed E-state index contributed by atoms with van der Waals surface area (Å²) in [5.41, 5.74) is 4.86. The minimum Gasteiger partial charge on any atom is -0.368 e. The van der Waals surface area contributed by atoms with Crippen LogP contribution in [0.15, 0.2) is 24.3 Å². The Morgan fingerprint density at radius 2 is 1.94 bits per heavy atom. The zero-order valence-electron chi connectivity index (χ0n) is 11.5. The van der Waals surface area contributed by atoms with Gasteiger partial charge >= 0.3 is 0 Å². The number of nitrogens with zero attached hydrogens (tertiary/aromatic N) is 1. The predicted octanol–water partition coefficient (Wildman–Crippen LogP) is 3.76. The molecule has 2 aromatic rings. The zero-order valence-corrected chi connectivity index (χ0v) is 11.5. The van der Waals surface area contributed by atoms with Gasteiger partial charge < -0.3 is 5.32 Å². The van der Waals surface area contributed by atoms with Crippen molar-refractivity contribution in [3.8, 4) is 11.3 Å². The van der Waals surface area contributed by atoms with E-state index in [4.69, 9.17) is 0 Å². The molecule has 2 N–H and O–H groups in total. The minimum atomic E-state index is 0.617. The average Bonchev–Trinajstić information content (AvgIpc) is 2.79. The molecule has 0 fully saturated rings.